The molecule has 1 saturated heterocycles. The van der Waals surface area contributed by atoms with Gasteiger partial charge in [-0.25, -0.2) is 0 Å². The second-order valence-corrected chi connectivity index (χ2v) is 11.1. The summed E-state index contributed by atoms with van der Waals surface area (Å²) in [7, 11) is 0. The van der Waals surface area contributed by atoms with Crippen molar-refractivity contribution in [1.82, 2.24) is 0 Å². The summed E-state index contributed by atoms with van der Waals surface area (Å²) in [5, 5.41) is 58.8. The Morgan fingerprint density at radius 1 is 1.12 bits per heavy atom. The second kappa shape index (κ2) is 11.5. The van der Waals surface area contributed by atoms with E-state index in [-0.39, 0.29) is 24.0 Å². The van der Waals surface area contributed by atoms with Crippen LogP contribution in [-0.2, 0) is 9.47 Å². The van der Waals surface area contributed by atoms with Crippen LogP contribution < -0.4 is 0 Å². The van der Waals surface area contributed by atoms with E-state index in [2.05, 4.69) is 20.4 Å². The Balaban J connectivity index is 1.73. The van der Waals surface area contributed by atoms with Gasteiger partial charge < -0.3 is 40.1 Å². The minimum absolute atomic E-state index is 0.0147. The molecule has 0 aromatic heterocycles. The van der Waals surface area contributed by atoms with Crippen LogP contribution in [0, 0.1) is 22.7 Å². The molecule has 0 spiro atoms. The molecule has 2 aliphatic carbocycles. The highest BCUT2D eigenvalue weighted by Crippen LogP contribution is 2.62. The van der Waals surface area contributed by atoms with Crippen molar-refractivity contribution in [3.63, 3.8) is 0 Å². The summed E-state index contributed by atoms with van der Waals surface area (Å²) in [5.41, 5.74) is 1.94. The van der Waals surface area contributed by atoms with E-state index in [9.17, 15) is 30.6 Å². The van der Waals surface area contributed by atoms with Crippen LogP contribution in [0.25, 0.3) is 0 Å². The third-order valence-corrected chi connectivity index (χ3v) is 8.91. The molecule has 1 aliphatic heterocycles. The van der Waals surface area contributed by atoms with E-state index in [1.807, 2.05) is 0 Å². The first-order valence-corrected chi connectivity index (χ1v) is 12.6. The first-order valence-electron chi connectivity index (χ1n) is 12.6. The Morgan fingerprint density at radius 2 is 1.85 bits per heavy atom. The Kier molecular flexibility index (Phi) is 9.36. The summed E-state index contributed by atoms with van der Waals surface area (Å²) >= 11 is 0. The van der Waals surface area contributed by atoms with Gasteiger partial charge in [0, 0.05) is 0 Å². The summed E-state index contributed by atoms with van der Waals surface area (Å²) in [6, 6.07) is 0. The van der Waals surface area contributed by atoms with Gasteiger partial charge in [0.2, 0.25) is 0 Å². The maximum Gasteiger partial charge on any atom is 0.186 e. The molecule has 0 amide bonds. The first kappa shape index (κ1) is 27.7. The normalized spacial score (nSPS) is 43.6. The zero-order valence-corrected chi connectivity index (χ0v) is 20.6. The third-order valence-electron chi connectivity index (χ3n) is 8.91. The van der Waals surface area contributed by atoms with Crippen LogP contribution in [-0.4, -0.2) is 87.8 Å². The van der Waals surface area contributed by atoms with Crippen molar-refractivity contribution in [3.8, 4) is 0 Å². The molecule has 34 heavy (non-hydrogen) atoms. The fraction of sp³-hybridized carbons (Fsp3) is 0.846. The molecule has 0 aromatic carbocycles. The summed E-state index contributed by atoms with van der Waals surface area (Å²) in [5.74, 6) is 0.653. The Hall–Kier alpha value is -0.840. The lowest BCUT2D eigenvalue weighted by molar-refractivity contribution is -0.309. The van der Waals surface area contributed by atoms with Crippen LogP contribution >= 0.6 is 0 Å². The van der Waals surface area contributed by atoms with Crippen LogP contribution in [0.3, 0.4) is 0 Å². The van der Waals surface area contributed by atoms with E-state index in [0.717, 1.165) is 50.5 Å². The van der Waals surface area contributed by atoms with Gasteiger partial charge in [0.15, 0.2) is 6.29 Å². The van der Waals surface area contributed by atoms with Crippen LogP contribution in [0.1, 0.15) is 58.8 Å². The van der Waals surface area contributed by atoms with Crippen LogP contribution in [0.15, 0.2) is 23.8 Å². The van der Waals surface area contributed by atoms with Crippen molar-refractivity contribution in [2.24, 2.45) is 22.7 Å². The zero-order valence-electron chi connectivity index (χ0n) is 20.6. The van der Waals surface area contributed by atoms with Gasteiger partial charge in [0.1, 0.15) is 24.4 Å². The first-order chi connectivity index (χ1) is 16.1. The minimum atomic E-state index is -1.45. The molecule has 8 nitrogen and oxygen atoms in total. The lowest BCUT2D eigenvalue weighted by atomic mass is 9.47. The van der Waals surface area contributed by atoms with E-state index in [1.165, 1.54) is 5.57 Å². The van der Waals surface area contributed by atoms with Gasteiger partial charge in [-0.1, -0.05) is 38.5 Å². The summed E-state index contributed by atoms with van der Waals surface area (Å²) in [6.45, 7) is 8.69. The van der Waals surface area contributed by atoms with Gasteiger partial charge in [-0.15, -0.1) is 0 Å². The van der Waals surface area contributed by atoms with Gasteiger partial charge >= 0.3 is 0 Å². The molecule has 1 heterocycles. The standard InChI is InChI=1S/C26H44O8/c1-16-5-8-20-25(2,15-33-24-23(32)22(31)21(30)19(14-29)34-24)10-4-11-26(20,3)18(16)7-6-17(13-28)9-12-27/h9,18-24,27-32H,1,4-8,10-15H2,2-3H3/b17-9+/t18-,19-,20+,21+,22+,23+,24-,25+,26-/m0/s1. The van der Waals surface area contributed by atoms with Crippen LogP contribution in [0.4, 0.5) is 0 Å². The molecule has 2 saturated carbocycles. The molecular weight excluding hydrogens is 440 g/mol. The van der Waals surface area contributed by atoms with E-state index in [0.29, 0.717) is 18.4 Å². The van der Waals surface area contributed by atoms with E-state index in [4.69, 9.17) is 9.47 Å². The molecular formula is C26H44O8. The predicted octanol–water partition coefficient (Wildman–Crippen LogP) is 1.27. The molecule has 0 aromatic rings. The van der Waals surface area contributed by atoms with Crippen molar-refractivity contribution in [2.75, 3.05) is 26.4 Å². The molecule has 196 valence electrons. The highest BCUT2D eigenvalue weighted by atomic mass is 16.7. The van der Waals surface area contributed by atoms with Gasteiger partial charge in [0.05, 0.1) is 26.4 Å². The maximum absolute atomic E-state index is 10.4. The van der Waals surface area contributed by atoms with Gasteiger partial charge in [-0.05, 0) is 66.8 Å². The maximum atomic E-state index is 10.4. The average molecular weight is 485 g/mol. The Labute approximate surface area is 202 Å². The fourth-order valence-corrected chi connectivity index (χ4v) is 6.97. The molecule has 3 fully saturated rings. The van der Waals surface area contributed by atoms with Crippen molar-refractivity contribution < 1.29 is 40.1 Å². The molecule has 0 bridgehead atoms. The predicted molar refractivity (Wildman–Crippen MR) is 127 cm³/mol. The number of rotatable bonds is 9. The molecule has 8 heteroatoms. The lowest BCUT2D eigenvalue weighted by Crippen LogP contribution is -2.60. The van der Waals surface area contributed by atoms with Gasteiger partial charge in [0.25, 0.3) is 0 Å². The van der Waals surface area contributed by atoms with E-state index >= 15 is 0 Å². The van der Waals surface area contributed by atoms with Crippen LogP contribution in [0.5, 0.6) is 0 Å². The van der Waals surface area contributed by atoms with Gasteiger partial charge in [-0.2, -0.15) is 0 Å². The monoisotopic (exact) mass is 484 g/mol. The van der Waals surface area contributed by atoms with Crippen molar-refractivity contribution in [3.05, 3.63) is 23.8 Å². The Morgan fingerprint density at radius 3 is 2.50 bits per heavy atom. The average Bonchev–Trinajstić information content (AvgIpc) is 2.80. The topological polar surface area (TPSA) is 140 Å². The third kappa shape index (κ3) is 5.44. The van der Waals surface area contributed by atoms with Crippen molar-refractivity contribution in [1.29, 1.82) is 0 Å². The van der Waals surface area contributed by atoms with Crippen molar-refractivity contribution in [2.45, 2.75) is 89.5 Å². The second-order valence-electron chi connectivity index (χ2n) is 11.1. The smallest absolute Gasteiger partial charge is 0.186 e. The summed E-state index contributed by atoms with van der Waals surface area (Å²) in [4.78, 5) is 0. The minimum Gasteiger partial charge on any atom is -0.394 e. The number of hydrogen-bond acceptors (Lipinski definition) is 8. The molecule has 6 N–H and O–H groups in total. The number of aliphatic hydroxyl groups is 6. The number of ether oxygens (including phenoxy) is 2. The molecule has 0 unspecified atom stereocenters. The summed E-state index contributed by atoms with van der Waals surface area (Å²) < 4.78 is 11.6. The van der Waals surface area contributed by atoms with Crippen LogP contribution in [0.2, 0.25) is 0 Å². The molecule has 3 rings (SSSR count). The van der Waals surface area contributed by atoms with E-state index < -0.39 is 37.3 Å². The fourth-order valence-electron chi connectivity index (χ4n) is 6.97. The molecule has 9 atom stereocenters. The summed E-state index contributed by atoms with van der Waals surface area (Å²) in [6.07, 6.45) is 1.94. The highest BCUT2D eigenvalue weighted by molar-refractivity contribution is 5.17. The zero-order chi connectivity index (χ0) is 25.1. The van der Waals surface area contributed by atoms with Gasteiger partial charge in [-0.3, -0.25) is 0 Å². The number of hydrogen-bond donors (Lipinski definition) is 6. The number of aliphatic hydroxyl groups excluding tert-OH is 6. The largest absolute Gasteiger partial charge is 0.394 e. The molecule has 0 radical (unpaired) electrons. The highest BCUT2D eigenvalue weighted by Gasteiger charge is 2.55. The quantitative estimate of drug-likeness (QED) is 0.269. The van der Waals surface area contributed by atoms with E-state index in [1.54, 1.807) is 6.08 Å². The lowest BCUT2D eigenvalue weighted by Gasteiger charge is -2.59. The number of allylic oxidation sites excluding steroid dienone is 1. The molecule has 3 aliphatic rings. The Bertz CT molecular complexity index is 724. The SMILES string of the molecule is C=C1CC[C@@H]2[C@@](C)(CO[C@H]3O[C@@H](CO)[C@@H](O)[C@@H](O)[C@H]3O)CCC[C@@]2(C)[C@H]1CC/C(=C\CO)CO. The van der Waals surface area contributed by atoms with Crippen molar-refractivity contribution >= 4 is 0 Å². The number of fused-ring (bicyclic) bond motifs is 1.